The van der Waals surface area contributed by atoms with E-state index >= 15 is 0 Å². The van der Waals surface area contributed by atoms with E-state index in [1.165, 1.54) is 0 Å². The van der Waals surface area contributed by atoms with Crippen molar-refractivity contribution in [3.63, 3.8) is 0 Å². The van der Waals surface area contributed by atoms with Gasteiger partial charge in [-0.15, -0.1) is 6.58 Å². The zero-order chi connectivity index (χ0) is 10.7. The van der Waals surface area contributed by atoms with Crippen LogP contribution < -0.4 is 0 Å². The summed E-state index contributed by atoms with van der Waals surface area (Å²) in [6.45, 7) is 15.9. The van der Waals surface area contributed by atoms with Crippen LogP contribution in [0.1, 0.15) is 41.5 Å². The van der Waals surface area contributed by atoms with Gasteiger partial charge < -0.3 is 8.85 Å². The Labute approximate surface area is 83.8 Å². The van der Waals surface area contributed by atoms with Gasteiger partial charge in [0.2, 0.25) is 0 Å². The third-order valence-electron chi connectivity index (χ3n) is 1.13. The van der Waals surface area contributed by atoms with Crippen LogP contribution in [0.5, 0.6) is 0 Å². The lowest BCUT2D eigenvalue weighted by Gasteiger charge is -2.30. The van der Waals surface area contributed by atoms with E-state index in [-0.39, 0.29) is 11.2 Å². The standard InChI is InChI=1S/C10H22O2Si/c1-8-13(11-9(2,3)4)12-10(5,6)7/h8,13H,1H2,2-7H3. The largest absolute Gasteiger partial charge is 0.389 e. The Morgan fingerprint density at radius 1 is 0.923 bits per heavy atom. The van der Waals surface area contributed by atoms with Crippen LogP contribution in [0.25, 0.3) is 0 Å². The Morgan fingerprint density at radius 2 is 1.23 bits per heavy atom. The monoisotopic (exact) mass is 202 g/mol. The molecule has 0 fully saturated rings. The second kappa shape index (κ2) is 4.40. The zero-order valence-corrected chi connectivity index (χ0v) is 10.8. The first-order chi connectivity index (χ1) is 5.64. The molecule has 0 bridgehead atoms. The van der Waals surface area contributed by atoms with Gasteiger partial charge in [0, 0.05) is 0 Å². The predicted octanol–water partition coefficient (Wildman–Crippen LogP) is 2.56. The summed E-state index contributed by atoms with van der Waals surface area (Å²) in [5.74, 6) is 0. The highest BCUT2D eigenvalue weighted by atomic mass is 28.3. The fourth-order valence-electron chi connectivity index (χ4n) is 0.817. The van der Waals surface area contributed by atoms with Gasteiger partial charge in [-0.2, -0.15) is 0 Å². The van der Waals surface area contributed by atoms with E-state index in [9.17, 15) is 0 Å². The Hall–Kier alpha value is -0.123. The molecular formula is C10H22O2Si. The smallest absolute Gasteiger partial charge is 0.348 e. The van der Waals surface area contributed by atoms with Crippen molar-refractivity contribution >= 4 is 9.28 Å². The highest BCUT2D eigenvalue weighted by Crippen LogP contribution is 2.15. The molecule has 0 aliphatic rings. The summed E-state index contributed by atoms with van der Waals surface area (Å²) in [7, 11) is -1.70. The molecule has 0 aromatic carbocycles. The molecule has 0 unspecified atom stereocenters. The summed E-state index contributed by atoms with van der Waals surface area (Å²) < 4.78 is 11.5. The maximum absolute atomic E-state index is 5.76. The second-order valence-electron chi connectivity index (χ2n) is 5.06. The van der Waals surface area contributed by atoms with Crippen molar-refractivity contribution < 1.29 is 8.85 Å². The Morgan fingerprint density at radius 3 is 1.38 bits per heavy atom. The van der Waals surface area contributed by atoms with Gasteiger partial charge in [0.1, 0.15) is 0 Å². The Kier molecular flexibility index (Phi) is 4.36. The van der Waals surface area contributed by atoms with Crippen LogP contribution >= 0.6 is 0 Å². The zero-order valence-electron chi connectivity index (χ0n) is 9.68. The lowest BCUT2D eigenvalue weighted by atomic mass is 10.2. The van der Waals surface area contributed by atoms with E-state index in [4.69, 9.17) is 8.85 Å². The molecule has 0 atom stereocenters. The Bertz CT molecular complexity index is 149. The van der Waals surface area contributed by atoms with Crippen molar-refractivity contribution in [3.05, 3.63) is 12.3 Å². The SMILES string of the molecule is C=C[SiH](OC(C)(C)C)OC(C)(C)C. The summed E-state index contributed by atoms with van der Waals surface area (Å²) in [5, 5.41) is 0. The van der Waals surface area contributed by atoms with E-state index in [2.05, 4.69) is 6.58 Å². The highest BCUT2D eigenvalue weighted by molar-refractivity contribution is 6.50. The van der Waals surface area contributed by atoms with Crippen molar-refractivity contribution in [2.24, 2.45) is 0 Å². The summed E-state index contributed by atoms with van der Waals surface area (Å²) in [6.07, 6.45) is 0. The fourth-order valence-corrected chi connectivity index (χ4v) is 2.45. The van der Waals surface area contributed by atoms with E-state index in [0.717, 1.165) is 0 Å². The van der Waals surface area contributed by atoms with Crippen LogP contribution in [0.3, 0.4) is 0 Å². The first-order valence-electron chi connectivity index (χ1n) is 4.62. The van der Waals surface area contributed by atoms with E-state index in [1.807, 2.05) is 47.2 Å². The third-order valence-corrected chi connectivity index (χ3v) is 3.40. The lowest BCUT2D eigenvalue weighted by molar-refractivity contribution is 0.0401. The lowest BCUT2D eigenvalue weighted by Crippen LogP contribution is -2.37. The van der Waals surface area contributed by atoms with Crippen LogP contribution in [0.4, 0.5) is 0 Å². The van der Waals surface area contributed by atoms with Crippen molar-refractivity contribution in [1.29, 1.82) is 0 Å². The molecule has 0 radical (unpaired) electrons. The normalized spacial score (nSPS) is 13.5. The van der Waals surface area contributed by atoms with E-state index < -0.39 is 9.28 Å². The molecule has 0 amide bonds. The summed E-state index contributed by atoms with van der Waals surface area (Å²) in [6, 6.07) is 0. The molecule has 0 aliphatic carbocycles. The maximum atomic E-state index is 5.76. The third kappa shape index (κ3) is 8.21. The number of hydrogen-bond donors (Lipinski definition) is 0. The molecule has 0 aromatic heterocycles. The predicted molar refractivity (Wildman–Crippen MR) is 59.0 cm³/mol. The summed E-state index contributed by atoms with van der Waals surface area (Å²) in [5.41, 5.74) is 1.53. The molecule has 0 aliphatic heterocycles. The Balaban J connectivity index is 4.13. The van der Waals surface area contributed by atoms with Crippen molar-refractivity contribution in [2.45, 2.75) is 52.7 Å². The fraction of sp³-hybridized carbons (Fsp3) is 0.800. The van der Waals surface area contributed by atoms with Gasteiger partial charge in [0.15, 0.2) is 0 Å². The quantitative estimate of drug-likeness (QED) is 0.655. The van der Waals surface area contributed by atoms with Crippen LogP contribution in [-0.4, -0.2) is 20.5 Å². The molecule has 0 spiro atoms. The molecule has 2 nitrogen and oxygen atoms in total. The minimum absolute atomic E-state index is 0.143. The molecule has 13 heavy (non-hydrogen) atoms. The van der Waals surface area contributed by atoms with Crippen LogP contribution in [-0.2, 0) is 8.85 Å². The maximum Gasteiger partial charge on any atom is 0.348 e. The van der Waals surface area contributed by atoms with Gasteiger partial charge in [0.05, 0.1) is 11.2 Å². The van der Waals surface area contributed by atoms with Gasteiger partial charge >= 0.3 is 9.28 Å². The summed E-state index contributed by atoms with van der Waals surface area (Å²) in [4.78, 5) is 0. The molecule has 0 saturated heterocycles. The molecular weight excluding hydrogens is 180 g/mol. The molecule has 3 heteroatoms. The average Bonchev–Trinajstić information content (AvgIpc) is 1.79. The average molecular weight is 202 g/mol. The molecule has 0 saturated carbocycles. The van der Waals surface area contributed by atoms with Gasteiger partial charge in [0.25, 0.3) is 0 Å². The van der Waals surface area contributed by atoms with Gasteiger partial charge in [-0.3, -0.25) is 0 Å². The molecule has 0 aromatic rings. The molecule has 78 valence electrons. The minimum Gasteiger partial charge on any atom is -0.389 e. The van der Waals surface area contributed by atoms with Crippen LogP contribution in [0.15, 0.2) is 12.3 Å². The van der Waals surface area contributed by atoms with Crippen LogP contribution in [0.2, 0.25) is 0 Å². The topological polar surface area (TPSA) is 18.5 Å². The first kappa shape index (κ1) is 12.9. The second-order valence-corrected chi connectivity index (χ2v) is 6.74. The van der Waals surface area contributed by atoms with Gasteiger partial charge in [-0.05, 0) is 41.5 Å². The van der Waals surface area contributed by atoms with Crippen LogP contribution in [0, 0.1) is 0 Å². The first-order valence-corrected chi connectivity index (χ1v) is 6.23. The molecule has 0 N–H and O–H groups in total. The molecule has 0 rings (SSSR count). The van der Waals surface area contributed by atoms with Crippen molar-refractivity contribution in [3.8, 4) is 0 Å². The highest BCUT2D eigenvalue weighted by Gasteiger charge is 2.23. The summed E-state index contributed by atoms with van der Waals surface area (Å²) >= 11 is 0. The molecule has 0 heterocycles. The van der Waals surface area contributed by atoms with Gasteiger partial charge in [-0.1, -0.05) is 5.70 Å². The number of rotatable bonds is 3. The van der Waals surface area contributed by atoms with Crippen molar-refractivity contribution in [1.82, 2.24) is 0 Å². The number of hydrogen-bond acceptors (Lipinski definition) is 2. The van der Waals surface area contributed by atoms with E-state index in [0.29, 0.717) is 0 Å². The van der Waals surface area contributed by atoms with E-state index in [1.54, 1.807) is 0 Å². The minimum atomic E-state index is -1.70. The van der Waals surface area contributed by atoms with Crippen molar-refractivity contribution in [2.75, 3.05) is 0 Å². The van der Waals surface area contributed by atoms with Gasteiger partial charge in [-0.25, -0.2) is 0 Å².